The van der Waals surface area contributed by atoms with E-state index in [1.165, 1.54) is 7.11 Å². The molecule has 0 fully saturated rings. The van der Waals surface area contributed by atoms with Crippen molar-refractivity contribution in [1.82, 2.24) is 0 Å². The van der Waals surface area contributed by atoms with Gasteiger partial charge in [-0.15, -0.1) is 0 Å². The second-order valence-corrected chi connectivity index (χ2v) is 9.72. The van der Waals surface area contributed by atoms with Crippen LogP contribution < -0.4 is 9.47 Å². The van der Waals surface area contributed by atoms with Crippen LogP contribution in [0.15, 0.2) is 64.8 Å². The molecule has 1 aliphatic carbocycles. The fraction of sp³-hybridized carbons (Fsp3) is 0.393. The second kappa shape index (κ2) is 9.45. The first-order valence-electron chi connectivity index (χ1n) is 11.5. The van der Waals surface area contributed by atoms with Crippen molar-refractivity contribution in [2.24, 2.45) is 16.3 Å². The summed E-state index contributed by atoms with van der Waals surface area (Å²) in [6, 6.07) is 15.5. The maximum atomic E-state index is 13.3. The van der Waals surface area contributed by atoms with E-state index >= 15 is 0 Å². The molecule has 0 N–H and O–H groups in total. The van der Waals surface area contributed by atoms with Crippen LogP contribution in [-0.4, -0.2) is 31.7 Å². The molecule has 4 rings (SSSR count). The van der Waals surface area contributed by atoms with E-state index in [1.807, 2.05) is 55.5 Å². The largest absolute Gasteiger partial charge is 0.493 e. The zero-order valence-electron chi connectivity index (χ0n) is 20.4. The number of carbonyl (C=O) groups is 2. The van der Waals surface area contributed by atoms with E-state index in [0.717, 1.165) is 16.8 Å². The fourth-order valence-electron chi connectivity index (χ4n) is 4.97. The summed E-state index contributed by atoms with van der Waals surface area (Å²) in [5.74, 6) is -0.391. The van der Waals surface area contributed by atoms with Gasteiger partial charge in [0.15, 0.2) is 17.3 Å². The van der Waals surface area contributed by atoms with Crippen LogP contribution >= 0.6 is 0 Å². The van der Waals surface area contributed by atoms with E-state index in [9.17, 15) is 9.59 Å². The topological polar surface area (TPSA) is 74.2 Å². The molecule has 2 aliphatic rings. The summed E-state index contributed by atoms with van der Waals surface area (Å²) in [5.41, 5.74) is 3.71. The zero-order valence-corrected chi connectivity index (χ0v) is 20.4. The number of allylic oxidation sites excluding steroid dienone is 2. The van der Waals surface area contributed by atoms with Crippen molar-refractivity contribution in [3.63, 3.8) is 0 Å². The summed E-state index contributed by atoms with van der Waals surface area (Å²) >= 11 is 0. The number of benzene rings is 2. The number of rotatable bonds is 6. The molecule has 34 heavy (non-hydrogen) atoms. The molecule has 178 valence electrons. The molecule has 0 amide bonds. The molecule has 0 radical (unpaired) electrons. The molecule has 6 heteroatoms. The summed E-state index contributed by atoms with van der Waals surface area (Å²) in [6.45, 7) is 6.38. The lowest BCUT2D eigenvalue weighted by Gasteiger charge is -2.39. The summed E-state index contributed by atoms with van der Waals surface area (Å²) in [7, 11) is 2.95. The maximum Gasteiger partial charge on any atom is 0.315 e. The maximum absolute atomic E-state index is 13.3. The van der Waals surface area contributed by atoms with Crippen LogP contribution in [0, 0.1) is 11.3 Å². The number of hydrogen-bond donors (Lipinski definition) is 0. The smallest absolute Gasteiger partial charge is 0.315 e. The number of carbonyl (C=O) groups excluding carboxylic acids is 2. The molecular formula is C28H31NO5. The van der Waals surface area contributed by atoms with Gasteiger partial charge < -0.3 is 14.2 Å². The first-order chi connectivity index (χ1) is 16.2. The standard InChI is InChI=1S/C28H31NO5/c1-17-24(27(31)33-5)25(26-20(29-17)14-28(2,3)15-21(26)30)19-11-12-22(23(13-19)32-4)34-16-18-9-7-6-8-10-18/h6-13,24-25H,14-16H2,1-5H3/t24?,25-/m1/s1. The molecule has 2 atom stereocenters. The number of methoxy groups -OCH3 is 2. The van der Waals surface area contributed by atoms with E-state index in [0.29, 0.717) is 42.2 Å². The highest BCUT2D eigenvalue weighted by Crippen LogP contribution is 2.48. The van der Waals surface area contributed by atoms with Gasteiger partial charge in [-0.25, -0.2) is 0 Å². The quantitative estimate of drug-likeness (QED) is 0.548. The first-order valence-corrected chi connectivity index (χ1v) is 11.5. The predicted octanol–water partition coefficient (Wildman–Crippen LogP) is 5.26. The van der Waals surface area contributed by atoms with Gasteiger partial charge in [0.1, 0.15) is 12.5 Å². The minimum atomic E-state index is -0.672. The van der Waals surface area contributed by atoms with Gasteiger partial charge in [-0.05, 0) is 42.0 Å². The van der Waals surface area contributed by atoms with Crippen LogP contribution in [0.1, 0.15) is 50.7 Å². The van der Waals surface area contributed by atoms with E-state index in [2.05, 4.69) is 13.8 Å². The highest BCUT2D eigenvalue weighted by Gasteiger charge is 2.46. The number of ether oxygens (including phenoxy) is 3. The third kappa shape index (κ3) is 4.63. The number of Topliss-reactive ketones (excluding diaryl/α,β-unsaturated/α-hetero) is 1. The number of esters is 1. The molecule has 2 aromatic carbocycles. The Kier molecular flexibility index (Phi) is 6.60. The lowest BCUT2D eigenvalue weighted by Crippen LogP contribution is -2.39. The lowest BCUT2D eigenvalue weighted by atomic mass is 9.67. The van der Waals surface area contributed by atoms with Gasteiger partial charge in [0.2, 0.25) is 0 Å². The van der Waals surface area contributed by atoms with Gasteiger partial charge in [-0.2, -0.15) is 0 Å². The lowest BCUT2D eigenvalue weighted by molar-refractivity contribution is -0.143. The second-order valence-electron chi connectivity index (χ2n) is 9.72. The van der Waals surface area contributed by atoms with Crippen molar-refractivity contribution < 1.29 is 23.8 Å². The van der Waals surface area contributed by atoms with Gasteiger partial charge in [-0.1, -0.05) is 50.2 Å². The van der Waals surface area contributed by atoms with Crippen molar-refractivity contribution in [3.05, 3.63) is 70.9 Å². The summed E-state index contributed by atoms with van der Waals surface area (Å²) in [4.78, 5) is 30.9. The normalized spacial score (nSPS) is 21.4. The average Bonchev–Trinajstić information content (AvgIpc) is 2.81. The minimum absolute atomic E-state index is 0.0322. The monoisotopic (exact) mass is 461 g/mol. The highest BCUT2D eigenvalue weighted by molar-refractivity contribution is 6.09. The number of ketones is 1. The Labute approximate surface area is 200 Å². The van der Waals surface area contributed by atoms with Gasteiger partial charge in [0, 0.05) is 29.3 Å². The van der Waals surface area contributed by atoms with E-state index in [4.69, 9.17) is 19.2 Å². The van der Waals surface area contributed by atoms with Gasteiger partial charge in [0.05, 0.1) is 14.2 Å². The summed E-state index contributed by atoms with van der Waals surface area (Å²) in [5, 5.41) is 0. The van der Waals surface area contributed by atoms with Crippen LogP contribution in [0.4, 0.5) is 0 Å². The van der Waals surface area contributed by atoms with E-state index < -0.39 is 17.8 Å². The number of nitrogens with zero attached hydrogens (tertiary/aromatic N) is 1. The molecule has 1 aliphatic heterocycles. The van der Waals surface area contributed by atoms with E-state index in [1.54, 1.807) is 7.11 Å². The van der Waals surface area contributed by atoms with Crippen LogP contribution in [0.25, 0.3) is 0 Å². The third-order valence-electron chi connectivity index (χ3n) is 6.54. The molecule has 0 saturated carbocycles. The number of aliphatic imine (C=N–C) groups is 1. The molecule has 6 nitrogen and oxygen atoms in total. The Bertz CT molecular complexity index is 1160. The van der Waals surface area contributed by atoms with E-state index in [-0.39, 0.29) is 11.2 Å². The predicted molar refractivity (Wildman–Crippen MR) is 130 cm³/mol. The van der Waals surface area contributed by atoms with Crippen LogP contribution in [0.3, 0.4) is 0 Å². The molecule has 0 aromatic heterocycles. The van der Waals surface area contributed by atoms with Crippen LogP contribution in [-0.2, 0) is 20.9 Å². The zero-order chi connectivity index (χ0) is 24.5. The van der Waals surface area contributed by atoms with Crippen LogP contribution in [0.2, 0.25) is 0 Å². The SMILES string of the molecule is COC(=O)C1C(C)=NC2=C(C(=O)CC(C)(C)C2)[C@@H]1c1ccc(OCc2ccccc2)c(OC)c1. The Morgan fingerprint density at radius 2 is 1.79 bits per heavy atom. The Balaban J connectivity index is 1.74. The molecule has 0 bridgehead atoms. The van der Waals surface area contributed by atoms with Crippen molar-refractivity contribution >= 4 is 17.5 Å². The minimum Gasteiger partial charge on any atom is -0.493 e. The van der Waals surface area contributed by atoms with Crippen molar-refractivity contribution in [3.8, 4) is 11.5 Å². The van der Waals surface area contributed by atoms with Crippen molar-refractivity contribution in [2.75, 3.05) is 14.2 Å². The Hall–Kier alpha value is -3.41. The van der Waals surface area contributed by atoms with Crippen molar-refractivity contribution in [1.29, 1.82) is 0 Å². The molecule has 2 aromatic rings. The van der Waals surface area contributed by atoms with Gasteiger partial charge in [-0.3, -0.25) is 14.6 Å². The molecular weight excluding hydrogens is 430 g/mol. The molecule has 1 heterocycles. The first kappa shape index (κ1) is 23.7. The van der Waals surface area contributed by atoms with Crippen LogP contribution in [0.5, 0.6) is 11.5 Å². The summed E-state index contributed by atoms with van der Waals surface area (Å²) in [6.07, 6.45) is 1.10. The fourth-order valence-corrected chi connectivity index (χ4v) is 4.97. The average molecular weight is 462 g/mol. The highest BCUT2D eigenvalue weighted by atomic mass is 16.5. The Morgan fingerprint density at radius 1 is 1.06 bits per heavy atom. The summed E-state index contributed by atoms with van der Waals surface area (Å²) < 4.78 is 16.8. The Morgan fingerprint density at radius 3 is 2.47 bits per heavy atom. The van der Waals surface area contributed by atoms with Crippen molar-refractivity contribution in [2.45, 2.75) is 46.1 Å². The number of hydrogen-bond acceptors (Lipinski definition) is 6. The molecule has 0 saturated heterocycles. The molecule has 0 spiro atoms. The third-order valence-corrected chi connectivity index (χ3v) is 6.54. The van der Waals surface area contributed by atoms with Gasteiger partial charge in [0.25, 0.3) is 0 Å². The molecule has 1 unspecified atom stereocenters. The van der Waals surface area contributed by atoms with Gasteiger partial charge >= 0.3 is 5.97 Å².